The number of carbonyl (C=O) groups excluding carboxylic acids is 1. The summed E-state index contributed by atoms with van der Waals surface area (Å²) in [7, 11) is 0. The Hall–Kier alpha value is -1.49. The Morgan fingerprint density at radius 3 is 2.91 bits per heavy atom. The molecule has 22 heavy (non-hydrogen) atoms. The summed E-state index contributed by atoms with van der Waals surface area (Å²) in [5.41, 5.74) is 6.28. The molecule has 3 rings (SSSR count). The predicted molar refractivity (Wildman–Crippen MR) is 80.2 cm³/mol. The molecule has 5 heteroatoms. The quantitative estimate of drug-likeness (QED) is 0.933. The number of amides is 1. The van der Waals surface area contributed by atoms with Gasteiger partial charge in [-0.25, -0.2) is 8.78 Å². The summed E-state index contributed by atoms with van der Waals surface area (Å²) >= 11 is 0. The average Bonchev–Trinajstić information content (AvgIpc) is 3.29. The Balaban J connectivity index is 1.66. The minimum absolute atomic E-state index is 0.0685. The van der Waals surface area contributed by atoms with Crippen molar-refractivity contribution in [3.63, 3.8) is 0 Å². The minimum atomic E-state index is -0.842. The number of piperidine rings is 1. The van der Waals surface area contributed by atoms with Gasteiger partial charge in [-0.15, -0.1) is 0 Å². The van der Waals surface area contributed by atoms with E-state index in [-0.39, 0.29) is 23.8 Å². The third kappa shape index (κ3) is 2.86. The van der Waals surface area contributed by atoms with E-state index in [1.54, 1.807) is 6.07 Å². The van der Waals surface area contributed by atoms with Crippen LogP contribution in [-0.4, -0.2) is 29.9 Å². The molecule has 0 aromatic heterocycles. The van der Waals surface area contributed by atoms with E-state index in [1.165, 1.54) is 6.07 Å². The van der Waals surface area contributed by atoms with E-state index in [1.807, 2.05) is 11.8 Å². The molecular formula is C17H22F2N2O. The Bertz CT molecular complexity index is 576. The Morgan fingerprint density at radius 2 is 2.18 bits per heavy atom. The zero-order chi connectivity index (χ0) is 15.9. The van der Waals surface area contributed by atoms with Crippen molar-refractivity contribution in [3.05, 3.63) is 35.4 Å². The number of carbonyl (C=O) groups is 1. The number of nitrogens with zero attached hydrogens (tertiary/aromatic N) is 1. The maximum Gasteiger partial charge on any atom is 0.226 e. The van der Waals surface area contributed by atoms with Crippen LogP contribution in [0.1, 0.15) is 37.7 Å². The van der Waals surface area contributed by atoms with E-state index in [9.17, 15) is 13.6 Å². The Morgan fingerprint density at radius 1 is 1.41 bits per heavy atom. The summed E-state index contributed by atoms with van der Waals surface area (Å²) in [5.74, 6) is -1.64. The lowest BCUT2D eigenvalue weighted by Crippen LogP contribution is -2.45. The van der Waals surface area contributed by atoms with E-state index < -0.39 is 11.6 Å². The second-order valence-electron chi connectivity index (χ2n) is 6.64. The number of likely N-dealkylation sites (tertiary alicyclic amines) is 1. The molecular weight excluding hydrogens is 286 g/mol. The van der Waals surface area contributed by atoms with Crippen LogP contribution in [0.5, 0.6) is 0 Å². The summed E-state index contributed by atoms with van der Waals surface area (Å²) in [4.78, 5) is 14.4. The molecule has 0 spiro atoms. The second-order valence-corrected chi connectivity index (χ2v) is 6.64. The van der Waals surface area contributed by atoms with Crippen LogP contribution in [0.3, 0.4) is 0 Å². The van der Waals surface area contributed by atoms with E-state index >= 15 is 0 Å². The van der Waals surface area contributed by atoms with Gasteiger partial charge in [0.2, 0.25) is 5.91 Å². The van der Waals surface area contributed by atoms with Gasteiger partial charge in [-0.2, -0.15) is 0 Å². The lowest BCUT2D eigenvalue weighted by atomic mass is 9.92. The van der Waals surface area contributed by atoms with Crippen LogP contribution >= 0.6 is 0 Å². The fraction of sp³-hybridized carbons (Fsp3) is 0.588. The first kappa shape index (κ1) is 15.4. The zero-order valence-corrected chi connectivity index (χ0v) is 12.8. The van der Waals surface area contributed by atoms with Gasteiger partial charge < -0.3 is 10.6 Å². The number of rotatable bonds is 3. The summed E-state index contributed by atoms with van der Waals surface area (Å²) in [5, 5.41) is 0. The normalized spacial score (nSPS) is 29.3. The number of benzene rings is 1. The van der Waals surface area contributed by atoms with Crippen molar-refractivity contribution in [3.8, 4) is 0 Å². The molecule has 1 aromatic rings. The standard InChI is InChI=1S/C17H22F2N2O/c1-10(20)11-4-3-7-21(9-11)17(22)14-8-13(14)12-5-2-6-15(18)16(12)19/h2,5-6,10-11,13-14H,3-4,7-9,20H2,1H3/t10-,11+,13+,14-/m0/s1. The highest BCUT2D eigenvalue weighted by Crippen LogP contribution is 2.49. The van der Waals surface area contributed by atoms with Gasteiger partial charge in [-0.05, 0) is 49.7 Å². The van der Waals surface area contributed by atoms with E-state index in [0.29, 0.717) is 24.4 Å². The van der Waals surface area contributed by atoms with Crippen molar-refractivity contribution in [2.45, 2.75) is 38.1 Å². The van der Waals surface area contributed by atoms with Crippen LogP contribution in [0.4, 0.5) is 8.78 Å². The van der Waals surface area contributed by atoms with Crippen LogP contribution in [0, 0.1) is 23.5 Å². The van der Waals surface area contributed by atoms with Crippen molar-refractivity contribution in [2.75, 3.05) is 13.1 Å². The number of hydrogen-bond acceptors (Lipinski definition) is 2. The molecule has 2 N–H and O–H groups in total. The molecule has 120 valence electrons. The van der Waals surface area contributed by atoms with Gasteiger partial charge in [0.25, 0.3) is 0 Å². The topological polar surface area (TPSA) is 46.3 Å². The van der Waals surface area contributed by atoms with Gasteiger partial charge in [-0.3, -0.25) is 4.79 Å². The van der Waals surface area contributed by atoms with Crippen LogP contribution in [0.2, 0.25) is 0 Å². The minimum Gasteiger partial charge on any atom is -0.342 e. The maximum absolute atomic E-state index is 13.8. The van der Waals surface area contributed by atoms with Gasteiger partial charge in [0.15, 0.2) is 11.6 Å². The summed E-state index contributed by atoms with van der Waals surface area (Å²) in [6, 6.07) is 4.26. The molecule has 0 bridgehead atoms. The first-order chi connectivity index (χ1) is 10.5. The Kier molecular flexibility index (Phi) is 4.17. The molecule has 3 nitrogen and oxygen atoms in total. The summed E-state index contributed by atoms with van der Waals surface area (Å²) < 4.78 is 27.1. The first-order valence-electron chi connectivity index (χ1n) is 7.97. The molecule has 1 saturated carbocycles. The number of hydrogen-bond donors (Lipinski definition) is 1. The molecule has 4 atom stereocenters. The molecule has 1 aliphatic heterocycles. The summed E-state index contributed by atoms with van der Waals surface area (Å²) in [6.45, 7) is 3.41. The third-order valence-corrected chi connectivity index (χ3v) is 5.00. The second kappa shape index (κ2) is 5.95. The average molecular weight is 308 g/mol. The van der Waals surface area contributed by atoms with Crippen LogP contribution < -0.4 is 5.73 Å². The molecule has 2 aliphatic rings. The van der Waals surface area contributed by atoms with Crippen LogP contribution in [0.25, 0.3) is 0 Å². The SMILES string of the molecule is C[C@H](N)[C@@H]1CCCN(C(=O)[C@H]2C[C@@H]2c2cccc(F)c2F)C1. The molecule has 1 aliphatic carbocycles. The van der Waals surface area contributed by atoms with Crippen molar-refractivity contribution in [1.29, 1.82) is 0 Å². The van der Waals surface area contributed by atoms with Crippen molar-refractivity contribution < 1.29 is 13.6 Å². The van der Waals surface area contributed by atoms with Gasteiger partial charge >= 0.3 is 0 Å². The molecule has 1 heterocycles. The molecule has 0 unspecified atom stereocenters. The molecule has 1 saturated heterocycles. The molecule has 1 aromatic carbocycles. The molecule has 1 amide bonds. The van der Waals surface area contributed by atoms with E-state index in [0.717, 1.165) is 25.5 Å². The lowest BCUT2D eigenvalue weighted by Gasteiger charge is -2.34. The van der Waals surface area contributed by atoms with E-state index in [4.69, 9.17) is 5.73 Å². The zero-order valence-electron chi connectivity index (χ0n) is 12.8. The molecule has 2 fully saturated rings. The maximum atomic E-state index is 13.8. The van der Waals surface area contributed by atoms with Gasteiger partial charge in [-0.1, -0.05) is 12.1 Å². The monoisotopic (exact) mass is 308 g/mol. The van der Waals surface area contributed by atoms with Crippen molar-refractivity contribution in [1.82, 2.24) is 4.90 Å². The molecule has 0 radical (unpaired) electrons. The van der Waals surface area contributed by atoms with Crippen LogP contribution in [0.15, 0.2) is 18.2 Å². The van der Waals surface area contributed by atoms with Crippen molar-refractivity contribution >= 4 is 5.91 Å². The van der Waals surface area contributed by atoms with Gasteiger partial charge in [0.05, 0.1) is 0 Å². The third-order valence-electron chi connectivity index (χ3n) is 5.00. The smallest absolute Gasteiger partial charge is 0.226 e. The van der Waals surface area contributed by atoms with Gasteiger partial charge in [0, 0.05) is 25.0 Å². The van der Waals surface area contributed by atoms with E-state index in [2.05, 4.69) is 0 Å². The summed E-state index contributed by atoms with van der Waals surface area (Å²) in [6.07, 6.45) is 2.62. The Labute approximate surface area is 129 Å². The largest absolute Gasteiger partial charge is 0.342 e. The number of nitrogens with two attached hydrogens (primary N) is 1. The fourth-order valence-electron chi connectivity index (χ4n) is 3.49. The first-order valence-corrected chi connectivity index (χ1v) is 7.97. The van der Waals surface area contributed by atoms with Crippen LogP contribution in [-0.2, 0) is 4.79 Å². The van der Waals surface area contributed by atoms with Gasteiger partial charge in [0.1, 0.15) is 0 Å². The van der Waals surface area contributed by atoms with Crippen molar-refractivity contribution in [2.24, 2.45) is 17.6 Å². The predicted octanol–water partition coefficient (Wildman–Crippen LogP) is 2.65. The fourth-order valence-corrected chi connectivity index (χ4v) is 3.49. The highest BCUT2D eigenvalue weighted by atomic mass is 19.2. The lowest BCUT2D eigenvalue weighted by molar-refractivity contribution is -0.134. The highest BCUT2D eigenvalue weighted by Gasteiger charge is 2.47. The number of halogens is 2. The highest BCUT2D eigenvalue weighted by molar-refractivity contribution is 5.83.